The molecule has 0 saturated carbocycles. The lowest BCUT2D eigenvalue weighted by Gasteiger charge is -2.26. The lowest BCUT2D eigenvalue weighted by atomic mass is 9.93. The zero-order chi connectivity index (χ0) is 25.4. The van der Waals surface area contributed by atoms with Crippen molar-refractivity contribution in [3.63, 3.8) is 0 Å². The molecule has 0 bridgehead atoms. The van der Waals surface area contributed by atoms with Crippen LogP contribution >= 0.6 is 0 Å². The number of fused-ring (bicyclic) bond motifs is 2. The number of carbonyl (C=O) groups is 2. The highest BCUT2D eigenvalue weighted by atomic mass is 16.3. The Morgan fingerprint density at radius 3 is 2.57 bits per heavy atom. The third kappa shape index (κ3) is 4.20. The number of aryl methyl sites for hydroxylation is 1. The molecule has 0 aliphatic carbocycles. The smallest absolute Gasteiger partial charge is 0.255 e. The first kappa shape index (κ1) is 22.9. The molecule has 37 heavy (non-hydrogen) atoms. The van der Waals surface area contributed by atoms with Crippen LogP contribution in [0.15, 0.2) is 95.6 Å². The van der Waals surface area contributed by atoms with Gasteiger partial charge in [0.15, 0.2) is 0 Å². The molecule has 1 atom stereocenters. The van der Waals surface area contributed by atoms with Gasteiger partial charge in [-0.3, -0.25) is 9.59 Å². The van der Waals surface area contributed by atoms with E-state index in [0.29, 0.717) is 24.4 Å². The Bertz CT molecular complexity index is 1580. The van der Waals surface area contributed by atoms with Crippen molar-refractivity contribution < 1.29 is 14.0 Å². The van der Waals surface area contributed by atoms with Crippen molar-refractivity contribution in [2.24, 2.45) is 0 Å². The molecule has 6 heteroatoms. The summed E-state index contributed by atoms with van der Waals surface area (Å²) in [6.45, 7) is 2.69. The molecule has 0 spiro atoms. The number of H-pyrrole nitrogens is 1. The largest absolute Gasteiger partial charge is 0.467 e. The molecule has 1 aliphatic rings. The quantitative estimate of drug-likeness (QED) is 0.295. The lowest BCUT2D eigenvalue weighted by Crippen LogP contribution is -2.33. The number of amides is 2. The van der Waals surface area contributed by atoms with Crippen LogP contribution in [0.2, 0.25) is 0 Å². The number of furan rings is 1. The number of benzene rings is 3. The highest BCUT2D eigenvalue weighted by Gasteiger charge is 2.40. The molecule has 0 fully saturated rings. The van der Waals surface area contributed by atoms with E-state index in [1.165, 1.54) is 5.56 Å². The summed E-state index contributed by atoms with van der Waals surface area (Å²) in [5.74, 6) is 0.508. The van der Waals surface area contributed by atoms with Crippen LogP contribution in [-0.4, -0.2) is 28.2 Å². The molecule has 0 saturated heterocycles. The summed E-state index contributed by atoms with van der Waals surface area (Å²) < 4.78 is 5.31. The Balaban J connectivity index is 1.39. The molecule has 3 heterocycles. The van der Waals surface area contributed by atoms with E-state index in [0.717, 1.165) is 33.3 Å². The summed E-state index contributed by atoms with van der Waals surface area (Å²) in [4.78, 5) is 31.8. The molecule has 5 aromatic rings. The molecule has 6 nitrogen and oxygen atoms in total. The Morgan fingerprint density at radius 1 is 0.973 bits per heavy atom. The van der Waals surface area contributed by atoms with Gasteiger partial charge in [0.05, 0.1) is 24.5 Å². The van der Waals surface area contributed by atoms with Gasteiger partial charge >= 0.3 is 0 Å². The number of rotatable bonds is 7. The molecule has 6 rings (SSSR count). The highest BCUT2D eigenvalue weighted by molar-refractivity contribution is 6.02. The predicted octanol–water partition coefficient (Wildman–Crippen LogP) is 5.99. The second-order valence-electron chi connectivity index (χ2n) is 9.42. The van der Waals surface area contributed by atoms with Gasteiger partial charge in [-0.1, -0.05) is 66.2 Å². The minimum Gasteiger partial charge on any atom is -0.467 e. The van der Waals surface area contributed by atoms with E-state index >= 15 is 0 Å². The van der Waals surface area contributed by atoms with E-state index in [4.69, 9.17) is 4.42 Å². The van der Waals surface area contributed by atoms with Gasteiger partial charge in [-0.15, -0.1) is 0 Å². The molecule has 0 radical (unpaired) electrons. The van der Waals surface area contributed by atoms with Crippen molar-refractivity contribution in [2.75, 3.05) is 6.54 Å². The summed E-state index contributed by atoms with van der Waals surface area (Å²) >= 11 is 0. The van der Waals surface area contributed by atoms with Gasteiger partial charge in [0.1, 0.15) is 5.76 Å². The van der Waals surface area contributed by atoms with Crippen LogP contribution in [0.25, 0.3) is 22.2 Å². The first-order chi connectivity index (χ1) is 18.1. The normalized spacial score (nSPS) is 14.8. The van der Waals surface area contributed by atoms with Gasteiger partial charge in [0, 0.05) is 35.0 Å². The Kier molecular flexibility index (Phi) is 5.85. The molecule has 3 aromatic carbocycles. The van der Waals surface area contributed by atoms with Crippen molar-refractivity contribution in [3.05, 3.63) is 119 Å². The number of hydrogen-bond acceptors (Lipinski definition) is 3. The third-order valence-electron chi connectivity index (χ3n) is 7.04. The Labute approximate surface area is 214 Å². The summed E-state index contributed by atoms with van der Waals surface area (Å²) in [5, 5.41) is 3.96. The fourth-order valence-corrected chi connectivity index (χ4v) is 5.22. The standard InChI is InChI=1S/C31H27N3O3/c1-20-12-14-21(15-13-20)29-28(25-10-4-5-11-26(25)33-29)30-23-8-2-3-9-24(23)31(36)34(30)17-16-27(35)32-19-22-7-6-18-37-22/h2-15,18,30,33H,16-17,19H2,1H3,(H,32,35)/t30-/m1/s1. The van der Waals surface area contributed by atoms with Crippen LogP contribution in [0.1, 0.15) is 45.3 Å². The number of aromatic amines is 1. The second kappa shape index (κ2) is 9.47. The topological polar surface area (TPSA) is 78.3 Å². The monoisotopic (exact) mass is 489 g/mol. The van der Waals surface area contributed by atoms with Crippen molar-refractivity contribution >= 4 is 22.7 Å². The maximum atomic E-state index is 13.7. The first-order valence-corrected chi connectivity index (χ1v) is 12.5. The van der Waals surface area contributed by atoms with Crippen LogP contribution in [0.5, 0.6) is 0 Å². The number of aromatic nitrogens is 1. The van der Waals surface area contributed by atoms with E-state index in [-0.39, 0.29) is 24.3 Å². The van der Waals surface area contributed by atoms with Crippen LogP contribution in [0, 0.1) is 6.92 Å². The van der Waals surface area contributed by atoms with E-state index < -0.39 is 0 Å². The molecule has 0 unspecified atom stereocenters. The van der Waals surface area contributed by atoms with E-state index in [1.807, 2.05) is 47.4 Å². The average Bonchev–Trinajstić information content (AvgIpc) is 3.64. The van der Waals surface area contributed by atoms with Gasteiger partial charge in [0.25, 0.3) is 5.91 Å². The second-order valence-corrected chi connectivity index (χ2v) is 9.42. The molecular weight excluding hydrogens is 462 g/mol. The van der Waals surface area contributed by atoms with Gasteiger partial charge in [-0.2, -0.15) is 0 Å². The van der Waals surface area contributed by atoms with Gasteiger partial charge < -0.3 is 19.6 Å². The van der Waals surface area contributed by atoms with Crippen molar-refractivity contribution in [3.8, 4) is 11.3 Å². The molecule has 2 amide bonds. The Hall–Kier alpha value is -4.58. The first-order valence-electron chi connectivity index (χ1n) is 12.5. The van der Waals surface area contributed by atoms with Crippen LogP contribution < -0.4 is 5.32 Å². The van der Waals surface area contributed by atoms with Crippen molar-refractivity contribution in [1.82, 2.24) is 15.2 Å². The average molecular weight is 490 g/mol. The molecule has 1 aliphatic heterocycles. The Morgan fingerprint density at radius 2 is 1.76 bits per heavy atom. The van der Waals surface area contributed by atoms with E-state index in [1.54, 1.807) is 12.3 Å². The number of nitrogens with one attached hydrogen (secondary N) is 2. The maximum absolute atomic E-state index is 13.7. The number of para-hydroxylation sites is 1. The minimum absolute atomic E-state index is 0.0560. The van der Waals surface area contributed by atoms with Gasteiger partial charge in [-0.25, -0.2) is 0 Å². The van der Waals surface area contributed by atoms with Crippen molar-refractivity contribution in [2.45, 2.75) is 25.9 Å². The lowest BCUT2D eigenvalue weighted by molar-refractivity contribution is -0.121. The molecule has 2 N–H and O–H groups in total. The van der Waals surface area contributed by atoms with Crippen molar-refractivity contribution in [1.29, 1.82) is 0 Å². The molecule has 2 aromatic heterocycles. The van der Waals surface area contributed by atoms with Gasteiger partial charge in [-0.05, 0) is 42.3 Å². The molecular formula is C31H27N3O3. The minimum atomic E-state index is -0.311. The third-order valence-corrected chi connectivity index (χ3v) is 7.04. The van der Waals surface area contributed by atoms with Gasteiger partial charge in [0.2, 0.25) is 5.91 Å². The van der Waals surface area contributed by atoms with Crippen LogP contribution in [0.3, 0.4) is 0 Å². The van der Waals surface area contributed by atoms with Crippen LogP contribution in [0.4, 0.5) is 0 Å². The van der Waals surface area contributed by atoms with E-state index in [9.17, 15) is 9.59 Å². The summed E-state index contributed by atoms with van der Waals surface area (Å²) in [5.41, 5.74) is 6.94. The zero-order valence-corrected chi connectivity index (χ0v) is 20.5. The van der Waals surface area contributed by atoms with E-state index in [2.05, 4.69) is 53.6 Å². The number of hydrogen-bond donors (Lipinski definition) is 2. The van der Waals surface area contributed by atoms with Crippen LogP contribution in [-0.2, 0) is 11.3 Å². The summed E-state index contributed by atoms with van der Waals surface area (Å²) in [6.07, 6.45) is 1.78. The SMILES string of the molecule is Cc1ccc(-c2[nH]c3ccccc3c2[C@H]2c3ccccc3C(=O)N2CCC(=O)NCc2ccco2)cc1. The predicted molar refractivity (Wildman–Crippen MR) is 143 cm³/mol. The summed E-state index contributed by atoms with van der Waals surface area (Å²) in [7, 11) is 0. The summed E-state index contributed by atoms with van der Waals surface area (Å²) in [6, 6.07) is 27.7. The maximum Gasteiger partial charge on any atom is 0.255 e. The highest BCUT2D eigenvalue weighted by Crippen LogP contribution is 2.45. The number of nitrogens with zero attached hydrogens (tertiary/aromatic N) is 1. The molecule has 184 valence electrons. The zero-order valence-electron chi connectivity index (χ0n) is 20.5. The number of carbonyl (C=O) groups excluding carboxylic acids is 2. The fourth-order valence-electron chi connectivity index (χ4n) is 5.22. The fraction of sp³-hybridized carbons (Fsp3) is 0.161.